The third kappa shape index (κ3) is 3.80. The summed E-state index contributed by atoms with van der Waals surface area (Å²) in [6.07, 6.45) is 3.48. The standard InChI is InChI=1S/C16H24N2O3S/c1-13(22(3,20)21)16(19)17(2)12-14-8-4-5-9-15(14)18-10-6-7-11-18/h4-5,8-9,13H,6-7,10-12H2,1-3H3. The lowest BCUT2D eigenvalue weighted by Gasteiger charge is -2.25. The van der Waals surface area contributed by atoms with Crippen molar-refractivity contribution in [1.29, 1.82) is 0 Å². The van der Waals surface area contributed by atoms with Gasteiger partial charge < -0.3 is 9.80 Å². The lowest BCUT2D eigenvalue weighted by molar-refractivity contribution is -0.129. The minimum atomic E-state index is -3.37. The second kappa shape index (κ2) is 6.69. The normalized spacial score (nSPS) is 16.6. The van der Waals surface area contributed by atoms with E-state index in [1.807, 2.05) is 18.2 Å². The molecule has 0 radical (unpaired) electrons. The molecule has 1 atom stereocenters. The number of sulfone groups is 1. The van der Waals surface area contributed by atoms with Gasteiger partial charge in [0.15, 0.2) is 9.84 Å². The molecule has 1 aromatic rings. The highest BCUT2D eigenvalue weighted by molar-refractivity contribution is 7.92. The molecule has 0 N–H and O–H groups in total. The van der Waals surface area contributed by atoms with Crippen molar-refractivity contribution >= 4 is 21.4 Å². The van der Waals surface area contributed by atoms with Crippen LogP contribution in [0.1, 0.15) is 25.3 Å². The first kappa shape index (κ1) is 16.8. The number of hydrogen-bond donors (Lipinski definition) is 0. The topological polar surface area (TPSA) is 57.7 Å². The van der Waals surface area contributed by atoms with Gasteiger partial charge in [0.25, 0.3) is 0 Å². The lowest BCUT2D eigenvalue weighted by Crippen LogP contribution is -2.38. The maximum Gasteiger partial charge on any atom is 0.240 e. The van der Waals surface area contributed by atoms with Crippen LogP contribution in [0.25, 0.3) is 0 Å². The molecule has 6 heteroatoms. The van der Waals surface area contributed by atoms with Crippen LogP contribution in [0.15, 0.2) is 24.3 Å². The molecule has 1 amide bonds. The highest BCUT2D eigenvalue weighted by Gasteiger charge is 2.27. The number of anilines is 1. The lowest BCUT2D eigenvalue weighted by atomic mass is 10.1. The first-order valence-corrected chi connectivity index (χ1v) is 9.53. The summed E-state index contributed by atoms with van der Waals surface area (Å²) in [6.45, 7) is 3.94. The van der Waals surface area contributed by atoms with Gasteiger partial charge >= 0.3 is 0 Å². The van der Waals surface area contributed by atoms with Gasteiger partial charge in [0, 0.05) is 38.6 Å². The van der Waals surface area contributed by atoms with Crippen molar-refractivity contribution in [2.45, 2.75) is 31.6 Å². The van der Waals surface area contributed by atoms with Gasteiger partial charge in [-0.2, -0.15) is 0 Å². The predicted molar refractivity (Wildman–Crippen MR) is 88.7 cm³/mol. The summed E-state index contributed by atoms with van der Waals surface area (Å²) < 4.78 is 23.1. The van der Waals surface area contributed by atoms with Gasteiger partial charge in [-0.25, -0.2) is 8.42 Å². The van der Waals surface area contributed by atoms with Crippen molar-refractivity contribution in [2.75, 3.05) is 31.3 Å². The summed E-state index contributed by atoms with van der Waals surface area (Å²) in [7, 11) is -1.71. The van der Waals surface area contributed by atoms with Gasteiger partial charge in [-0.3, -0.25) is 4.79 Å². The van der Waals surface area contributed by atoms with E-state index < -0.39 is 15.1 Å². The number of hydrogen-bond acceptors (Lipinski definition) is 4. The Hall–Kier alpha value is -1.56. The van der Waals surface area contributed by atoms with Gasteiger partial charge in [0.1, 0.15) is 5.25 Å². The van der Waals surface area contributed by atoms with Crippen molar-refractivity contribution in [3.63, 3.8) is 0 Å². The van der Waals surface area contributed by atoms with Crippen LogP contribution in [0.3, 0.4) is 0 Å². The van der Waals surface area contributed by atoms with Crippen LogP contribution in [0.5, 0.6) is 0 Å². The maximum absolute atomic E-state index is 12.3. The molecule has 0 bridgehead atoms. The quantitative estimate of drug-likeness (QED) is 0.827. The maximum atomic E-state index is 12.3. The Morgan fingerprint density at radius 2 is 1.86 bits per heavy atom. The second-order valence-corrected chi connectivity index (χ2v) is 8.36. The fourth-order valence-corrected chi connectivity index (χ4v) is 3.28. The molecule has 0 saturated carbocycles. The van der Waals surface area contributed by atoms with E-state index in [2.05, 4.69) is 11.0 Å². The molecular formula is C16H24N2O3S. The van der Waals surface area contributed by atoms with E-state index in [1.54, 1.807) is 7.05 Å². The van der Waals surface area contributed by atoms with Crippen LogP contribution >= 0.6 is 0 Å². The third-order valence-electron chi connectivity index (χ3n) is 4.21. The van der Waals surface area contributed by atoms with E-state index in [4.69, 9.17) is 0 Å². The molecule has 1 unspecified atom stereocenters. The minimum absolute atomic E-state index is 0.362. The van der Waals surface area contributed by atoms with Gasteiger partial charge in [-0.15, -0.1) is 0 Å². The monoisotopic (exact) mass is 324 g/mol. The molecule has 1 heterocycles. The molecule has 0 aromatic heterocycles. The highest BCUT2D eigenvalue weighted by atomic mass is 32.2. The smallest absolute Gasteiger partial charge is 0.240 e. The summed E-state index contributed by atoms with van der Waals surface area (Å²) >= 11 is 0. The van der Waals surface area contributed by atoms with Crippen LogP contribution < -0.4 is 4.90 Å². The van der Waals surface area contributed by atoms with Crippen molar-refractivity contribution in [3.8, 4) is 0 Å². The van der Waals surface area contributed by atoms with Crippen LogP contribution in [-0.2, 0) is 21.2 Å². The zero-order valence-corrected chi connectivity index (χ0v) is 14.3. The Kier molecular flexibility index (Phi) is 5.11. The van der Waals surface area contributed by atoms with Crippen molar-refractivity contribution in [2.24, 2.45) is 0 Å². The molecule has 22 heavy (non-hydrogen) atoms. The van der Waals surface area contributed by atoms with E-state index >= 15 is 0 Å². The van der Waals surface area contributed by atoms with Gasteiger partial charge in [0.05, 0.1) is 0 Å². The number of carbonyl (C=O) groups excluding carboxylic acids is 1. The SMILES string of the molecule is CC(C(=O)N(C)Cc1ccccc1N1CCCC1)S(C)(=O)=O. The molecule has 1 aromatic carbocycles. The number of para-hydroxylation sites is 1. The Morgan fingerprint density at radius 3 is 2.45 bits per heavy atom. The first-order valence-electron chi connectivity index (χ1n) is 7.57. The number of rotatable bonds is 5. The number of amides is 1. The minimum Gasteiger partial charge on any atom is -0.371 e. The fraction of sp³-hybridized carbons (Fsp3) is 0.562. The molecule has 1 fully saturated rings. The summed E-state index contributed by atoms with van der Waals surface area (Å²) in [4.78, 5) is 16.1. The molecule has 0 spiro atoms. The van der Waals surface area contributed by atoms with Crippen LogP contribution in [0.2, 0.25) is 0 Å². The fourth-order valence-electron chi connectivity index (χ4n) is 2.74. The highest BCUT2D eigenvalue weighted by Crippen LogP contribution is 2.25. The second-order valence-electron chi connectivity index (χ2n) is 5.99. The van der Waals surface area contributed by atoms with E-state index in [9.17, 15) is 13.2 Å². The van der Waals surface area contributed by atoms with Crippen molar-refractivity contribution in [3.05, 3.63) is 29.8 Å². The molecule has 2 rings (SSSR count). The summed E-state index contributed by atoms with van der Waals surface area (Å²) in [5.74, 6) is -0.362. The molecule has 5 nitrogen and oxygen atoms in total. The average Bonchev–Trinajstić information content (AvgIpc) is 2.99. The van der Waals surface area contributed by atoms with E-state index in [0.29, 0.717) is 6.54 Å². The van der Waals surface area contributed by atoms with Gasteiger partial charge in [-0.1, -0.05) is 18.2 Å². The molecule has 0 aliphatic carbocycles. The van der Waals surface area contributed by atoms with E-state index in [-0.39, 0.29) is 5.91 Å². The molecule has 122 valence electrons. The third-order valence-corrected chi connectivity index (χ3v) is 5.70. The molecule has 1 aliphatic rings. The summed E-state index contributed by atoms with van der Waals surface area (Å²) in [6, 6.07) is 8.02. The Balaban J connectivity index is 2.15. The first-order chi connectivity index (χ1) is 10.3. The number of benzene rings is 1. The van der Waals surface area contributed by atoms with Crippen LogP contribution in [0, 0.1) is 0 Å². The molecule has 1 aliphatic heterocycles. The predicted octanol–water partition coefficient (Wildman–Crippen LogP) is 1.68. The van der Waals surface area contributed by atoms with Gasteiger partial charge in [0.2, 0.25) is 5.91 Å². The average molecular weight is 324 g/mol. The Bertz CT molecular complexity index is 637. The molecule has 1 saturated heterocycles. The largest absolute Gasteiger partial charge is 0.371 e. The number of carbonyl (C=O) groups is 1. The van der Waals surface area contributed by atoms with Crippen molar-refractivity contribution < 1.29 is 13.2 Å². The van der Waals surface area contributed by atoms with E-state index in [0.717, 1.165) is 30.6 Å². The zero-order chi connectivity index (χ0) is 16.3. The summed E-state index contributed by atoms with van der Waals surface area (Å²) in [5, 5.41) is -1.00. The Morgan fingerprint density at radius 1 is 1.27 bits per heavy atom. The van der Waals surface area contributed by atoms with Crippen LogP contribution in [0.4, 0.5) is 5.69 Å². The van der Waals surface area contributed by atoms with E-state index in [1.165, 1.54) is 24.7 Å². The summed E-state index contributed by atoms with van der Waals surface area (Å²) in [5.41, 5.74) is 2.20. The number of nitrogens with zero attached hydrogens (tertiary/aromatic N) is 2. The Labute approximate surface area is 132 Å². The van der Waals surface area contributed by atoms with Crippen molar-refractivity contribution in [1.82, 2.24) is 4.90 Å². The zero-order valence-electron chi connectivity index (χ0n) is 13.4. The molecular weight excluding hydrogens is 300 g/mol. The van der Waals surface area contributed by atoms with Crippen LogP contribution in [-0.4, -0.2) is 50.9 Å². The van der Waals surface area contributed by atoms with Gasteiger partial charge in [-0.05, 0) is 31.4 Å².